The van der Waals surface area contributed by atoms with Crippen LogP contribution in [0.5, 0.6) is 5.88 Å². The van der Waals surface area contributed by atoms with E-state index in [2.05, 4.69) is 15.5 Å². The molecule has 1 rings (SSSR count). The summed E-state index contributed by atoms with van der Waals surface area (Å²) in [5.41, 5.74) is 3.43. The van der Waals surface area contributed by atoms with Crippen LogP contribution < -0.4 is 10.5 Å². The Kier molecular flexibility index (Phi) is 3.13. The van der Waals surface area contributed by atoms with Crippen LogP contribution in [0.25, 0.3) is 0 Å². The molecular formula is C8H7F3N2O2. The zero-order valence-corrected chi connectivity index (χ0v) is 7.68. The van der Waals surface area contributed by atoms with E-state index in [0.29, 0.717) is 0 Å². The lowest BCUT2D eigenvalue weighted by Crippen LogP contribution is -2.18. The SMILES string of the molecule is CCOc1nc(F)c(C(N)=O)c(F)c1F. The molecule has 0 radical (unpaired) electrons. The first-order valence-electron chi connectivity index (χ1n) is 3.96. The first kappa shape index (κ1) is 11.3. The molecule has 0 saturated carbocycles. The van der Waals surface area contributed by atoms with E-state index < -0.39 is 34.9 Å². The molecule has 0 aromatic carbocycles. The number of aromatic nitrogens is 1. The van der Waals surface area contributed by atoms with Crippen molar-refractivity contribution in [2.24, 2.45) is 5.73 Å². The van der Waals surface area contributed by atoms with Gasteiger partial charge in [0.15, 0.2) is 5.82 Å². The highest BCUT2D eigenvalue weighted by atomic mass is 19.2. The van der Waals surface area contributed by atoms with Gasteiger partial charge >= 0.3 is 0 Å². The minimum absolute atomic E-state index is 0.0152. The third-order valence-corrected chi connectivity index (χ3v) is 1.53. The quantitative estimate of drug-likeness (QED) is 0.772. The Labute approximate surface area is 82.9 Å². The fourth-order valence-corrected chi connectivity index (χ4v) is 0.931. The van der Waals surface area contributed by atoms with Crippen LogP contribution in [0.4, 0.5) is 13.2 Å². The first-order chi connectivity index (χ1) is 6.99. The van der Waals surface area contributed by atoms with Gasteiger partial charge in [-0.3, -0.25) is 4.79 Å². The second-order valence-corrected chi connectivity index (χ2v) is 2.51. The summed E-state index contributed by atoms with van der Waals surface area (Å²) < 4.78 is 43.6. The van der Waals surface area contributed by atoms with Crippen LogP contribution in [0.1, 0.15) is 17.3 Å². The number of amides is 1. The zero-order valence-electron chi connectivity index (χ0n) is 7.68. The lowest BCUT2D eigenvalue weighted by Gasteiger charge is -2.06. The van der Waals surface area contributed by atoms with Gasteiger partial charge in [-0.25, -0.2) is 4.39 Å². The van der Waals surface area contributed by atoms with Gasteiger partial charge in [-0.05, 0) is 6.92 Å². The van der Waals surface area contributed by atoms with Crippen molar-refractivity contribution in [3.05, 3.63) is 23.1 Å². The molecule has 0 fully saturated rings. The largest absolute Gasteiger partial charge is 0.476 e. The maximum atomic E-state index is 13.1. The molecule has 7 heteroatoms. The standard InChI is InChI=1S/C8H7F3N2O2/c1-2-15-8-5(10)4(9)3(7(12)14)6(11)13-8/h2H2,1H3,(H2,12,14). The van der Waals surface area contributed by atoms with Crippen molar-refractivity contribution in [2.45, 2.75) is 6.92 Å². The van der Waals surface area contributed by atoms with Crippen molar-refractivity contribution >= 4 is 5.91 Å². The highest BCUT2D eigenvalue weighted by molar-refractivity contribution is 5.93. The minimum Gasteiger partial charge on any atom is -0.476 e. The molecule has 2 N–H and O–H groups in total. The number of nitrogens with zero attached hydrogens (tertiary/aromatic N) is 1. The molecule has 0 atom stereocenters. The van der Waals surface area contributed by atoms with Crippen LogP contribution in [0, 0.1) is 17.6 Å². The lowest BCUT2D eigenvalue weighted by atomic mass is 10.2. The van der Waals surface area contributed by atoms with Gasteiger partial charge < -0.3 is 10.5 Å². The molecule has 15 heavy (non-hydrogen) atoms. The Morgan fingerprint density at radius 1 is 1.40 bits per heavy atom. The van der Waals surface area contributed by atoms with Crippen molar-refractivity contribution in [1.29, 1.82) is 0 Å². The maximum Gasteiger partial charge on any atom is 0.256 e. The number of primary amides is 1. The van der Waals surface area contributed by atoms with Crippen LogP contribution in [0.3, 0.4) is 0 Å². The molecule has 1 aromatic rings. The third-order valence-electron chi connectivity index (χ3n) is 1.53. The maximum absolute atomic E-state index is 13.1. The average molecular weight is 220 g/mol. The van der Waals surface area contributed by atoms with Gasteiger partial charge in [0.25, 0.3) is 11.8 Å². The van der Waals surface area contributed by atoms with Crippen molar-refractivity contribution in [3.8, 4) is 5.88 Å². The third kappa shape index (κ3) is 2.00. The molecular weight excluding hydrogens is 213 g/mol. The highest BCUT2D eigenvalue weighted by Gasteiger charge is 2.24. The van der Waals surface area contributed by atoms with Crippen molar-refractivity contribution in [2.75, 3.05) is 6.61 Å². The van der Waals surface area contributed by atoms with Gasteiger partial charge in [-0.2, -0.15) is 13.8 Å². The summed E-state index contributed by atoms with van der Waals surface area (Å²) in [7, 11) is 0. The molecule has 0 bridgehead atoms. The molecule has 4 nitrogen and oxygen atoms in total. The number of carbonyl (C=O) groups is 1. The smallest absolute Gasteiger partial charge is 0.256 e. The average Bonchev–Trinajstić information content (AvgIpc) is 2.13. The van der Waals surface area contributed by atoms with Gasteiger partial charge in [-0.15, -0.1) is 0 Å². The van der Waals surface area contributed by atoms with Gasteiger partial charge in [0.05, 0.1) is 6.61 Å². The molecule has 0 saturated heterocycles. The van der Waals surface area contributed by atoms with Crippen LogP contribution in [0.15, 0.2) is 0 Å². The van der Waals surface area contributed by atoms with E-state index in [-0.39, 0.29) is 6.61 Å². The van der Waals surface area contributed by atoms with Crippen LogP contribution >= 0.6 is 0 Å². The Hall–Kier alpha value is -1.79. The number of halogens is 3. The summed E-state index contributed by atoms with van der Waals surface area (Å²) in [5.74, 6) is -6.99. The Morgan fingerprint density at radius 2 is 2.00 bits per heavy atom. The summed E-state index contributed by atoms with van der Waals surface area (Å²) in [6.45, 7) is 1.47. The van der Waals surface area contributed by atoms with Crippen molar-refractivity contribution in [1.82, 2.24) is 4.98 Å². The summed E-state index contributed by atoms with van der Waals surface area (Å²) in [6.07, 6.45) is 0. The normalized spacial score (nSPS) is 10.1. The predicted octanol–water partition coefficient (Wildman–Crippen LogP) is 0.996. The van der Waals surface area contributed by atoms with E-state index in [0.717, 1.165) is 0 Å². The number of pyridine rings is 1. The number of rotatable bonds is 3. The molecule has 1 heterocycles. The Morgan fingerprint density at radius 3 is 2.47 bits per heavy atom. The van der Waals surface area contributed by atoms with Gasteiger partial charge in [-0.1, -0.05) is 0 Å². The minimum atomic E-state index is -1.70. The molecule has 1 amide bonds. The summed E-state index contributed by atoms with van der Waals surface area (Å²) >= 11 is 0. The number of carbonyl (C=O) groups excluding carboxylic acids is 1. The Balaban J connectivity index is 3.37. The highest BCUT2D eigenvalue weighted by Crippen LogP contribution is 2.21. The summed E-state index contributed by atoms with van der Waals surface area (Å²) in [5, 5.41) is 0. The molecule has 0 aliphatic carbocycles. The van der Waals surface area contributed by atoms with E-state index >= 15 is 0 Å². The molecule has 0 spiro atoms. The molecule has 0 aliphatic heterocycles. The van der Waals surface area contributed by atoms with Gasteiger partial charge in [0.2, 0.25) is 11.8 Å². The fourth-order valence-electron chi connectivity index (χ4n) is 0.931. The van der Waals surface area contributed by atoms with Crippen molar-refractivity contribution < 1.29 is 22.7 Å². The molecule has 0 unspecified atom stereocenters. The monoisotopic (exact) mass is 220 g/mol. The van der Waals surface area contributed by atoms with Crippen molar-refractivity contribution in [3.63, 3.8) is 0 Å². The van der Waals surface area contributed by atoms with Crippen LogP contribution in [-0.4, -0.2) is 17.5 Å². The lowest BCUT2D eigenvalue weighted by molar-refractivity contribution is 0.0989. The summed E-state index contributed by atoms with van der Waals surface area (Å²) in [4.78, 5) is 13.5. The number of ether oxygens (including phenoxy) is 1. The molecule has 1 aromatic heterocycles. The van der Waals surface area contributed by atoms with E-state index in [9.17, 15) is 18.0 Å². The fraction of sp³-hybridized carbons (Fsp3) is 0.250. The van der Waals surface area contributed by atoms with Crippen LogP contribution in [-0.2, 0) is 0 Å². The van der Waals surface area contributed by atoms with E-state index in [1.165, 1.54) is 6.92 Å². The first-order valence-corrected chi connectivity index (χ1v) is 3.96. The van der Waals surface area contributed by atoms with E-state index in [4.69, 9.17) is 0 Å². The van der Waals surface area contributed by atoms with Gasteiger partial charge in [0.1, 0.15) is 5.56 Å². The summed E-state index contributed by atoms with van der Waals surface area (Å²) in [6, 6.07) is 0. The topological polar surface area (TPSA) is 65.2 Å². The predicted molar refractivity (Wildman–Crippen MR) is 43.8 cm³/mol. The zero-order chi connectivity index (χ0) is 11.6. The number of hydrogen-bond donors (Lipinski definition) is 1. The Bertz CT molecular complexity index is 409. The number of hydrogen-bond acceptors (Lipinski definition) is 3. The van der Waals surface area contributed by atoms with E-state index in [1.807, 2.05) is 0 Å². The molecule has 0 aliphatic rings. The second-order valence-electron chi connectivity index (χ2n) is 2.51. The van der Waals surface area contributed by atoms with Gasteiger partial charge in [0, 0.05) is 0 Å². The number of nitrogens with two attached hydrogens (primary N) is 1. The molecule has 82 valence electrons. The second kappa shape index (κ2) is 4.16. The van der Waals surface area contributed by atoms with E-state index in [1.54, 1.807) is 0 Å². The van der Waals surface area contributed by atoms with Crippen LogP contribution in [0.2, 0.25) is 0 Å².